The third-order valence-electron chi connectivity index (χ3n) is 2.84. The van der Waals surface area contributed by atoms with Crippen LogP contribution >= 0.6 is 0 Å². The van der Waals surface area contributed by atoms with Crippen LogP contribution in [0.4, 0.5) is 18.0 Å². The molecular weight excluding hydrogens is 311 g/mol. The van der Waals surface area contributed by atoms with Gasteiger partial charge in [-0.2, -0.15) is 13.2 Å². The number of primary amides is 1. The number of nitrogens with one attached hydrogen (secondary N) is 2. The minimum Gasteiger partial charge on any atom is -0.457 e. The molecule has 0 aliphatic heterocycles. The van der Waals surface area contributed by atoms with Crippen LogP contribution < -0.4 is 21.3 Å². The maximum atomic E-state index is 12.5. The van der Waals surface area contributed by atoms with E-state index in [2.05, 4.69) is 10.9 Å². The van der Waals surface area contributed by atoms with Crippen LogP contribution in [0.15, 0.2) is 48.5 Å². The number of hydrazine groups is 1. The first-order valence-electron chi connectivity index (χ1n) is 6.57. The number of carbonyl (C=O) groups excluding carboxylic acids is 1. The fourth-order valence-electron chi connectivity index (χ4n) is 1.76. The summed E-state index contributed by atoms with van der Waals surface area (Å²) in [7, 11) is 0. The van der Waals surface area contributed by atoms with Crippen LogP contribution in [-0.2, 0) is 12.7 Å². The van der Waals surface area contributed by atoms with Gasteiger partial charge in [-0.15, -0.1) is 0 Å². The summed E-state index contributed by atoms with van der Waals surface area (Å²) in [6.45, 7) is 0.365. The number of hydrogen-bond donors (Lipinski definition) is 3. The predicted octanol–water partition coefficient (Wildman–Crippen LogP) is 3.17. The van der Waals surface area contributed by atoms with Crippen LogP contribution in [-0.4, -0.2) is 6.03 Å². The van der Waals surface area contributed by atoms with Gasteiger partial charge in [-0.25, -0.2) is 10.2 Å². The van der Waals surface area contributed by atoms with Gasteiger partial charge in [0.05, 0.1) is 5.56 Å². The van der Waals surface area contributed by atoms with Crippen molar-refractivity contribution in [2.75, 3.05) is 0 Å². The molecule has 2 amide bonds. The lowest BCUT2D eigenvalue weighted by atomic mass is 10.2. The van der Waals surface area contributed by atoms with E-state index < -0.39 is 17.8 Å². The molecule has 8 heteroatoms. The second-order valence-corrected chi connectivity index (χ2v) is 4.61. The van der Waals surface area contributed by atoms with E-state index in [-0.39, 0.29) is 0 Å². The Kier molecular flexibility index (Phi) is 5.07. The zero-order valence-corrected chi connectivity index (χ0v) is 11.9. The molecule has 0 bridgehead atoms. The van der Waals surface area contributed by atoms with Crippen molar-refractivity contribution in [2.24, 2.45) is 5.73 Å². The first-order chi connectivity index (χ1) is 10.8. The maximum Gasteiger partial charge on any atom is 0.416 e. The Morgan fingerprint density at radius 2 is 1.52 bits per heavy atom. The molecule has 0 saturated heterocycles. The summed E-state index contributed by atoms with van der Waals surface area (Å²) in [5.41, 5.74) is 9.88. The zero-order valence-electron chi connectivity index (χ0n) is 11.9. The summed E-state index contributed by atoms with van der Waals surface area (Å²) in [5.74, 6) is 0.788. The van der Waals surface area contributed by atoms with Gasteiger partial charge in [-0.3, -0.25) is 5.43 Å². The number of hydrogen-bond acceptors (Lipinski definition) is 3. The number of benzene rings is 2. The van der Waals surface area contributed by atoms with Crippen LogP contribution in [0.25, 0.3) is 0 Å². The van der Waals surface area contributed by atoms with E-state index in [9.17, 15) is 18.0 Å². The molecule has 2 aromatic carbocycles. The molecule has 0 heterocycles. The summed E-state index contributed by atoms with van der Waals surface area (Å²) in [6.07, 6.45) is -4.37. The largest absolute Gasteiger partial charge is 0.457 e. The SMILES string of the molecule is NC(=O)NNCc1ccc(Oc2ccc(C(F)(F)F)cc2)cc1. The lowest BCUT2D eigenvalue weighted by Gasteiger charge is -2.10. The van der Waals surface area contributed by atoms with Gasteiger partial charge in [0.25, 0.3) is 0 Å². The molecule has 23 heavy (non-hydrogen) atoms. The summed E-state index contributed by atoms with van der Waals surface area (Å²) in [6, 6.07) is 10.6. The number of alkyl halides is 3. The van der Waals surface area contributed by atoms with Gasteiger partial charge in [-0.05, 0) is 42.0 Å². The average Bonchev–Trinajstić information content (AvgIpc) is 2.48. The second kappa shape index (κ2) is 7.01. The molecule has 0 aliphatic rings. The van der Waals surface area contributed by atoms with Crippen LogP contribution in [0.1, 0.15) is 11.1 Å². The van der Waals surface area contributed by atoms with Gasteiger partial charge in [0.1, 0.15) is 11.5 Å². The Morgan fingerprint density at radius 3 is 2.00 bits per heavy atom. The molecule has 0 atom stereocenters. The van der Waals surface area contributed by atoms with E-state index in [0.29, 0.717) is 18.0 Å². The number of amides is 2. The molecule has 0 spiro atoms. The molecule has 0 aromatic heterocycles. The topological polar surface area (TPSA) is 76.4 Å². The molecular formula is C15H14F3N3O2. The normalized spacial score (nSPS) is 11.1. The molecule has 0 aliphatic carbocycles. The van der Waals surface area contributed by atoms with Crippen molar-refractivity contribution in [2.45, 2.75) is 12.7 Å². The zero-order chi connectivity index (χ0) is 16.9. The summed E-state index contributed by atoms with van der Waals surface area (Å²) in [5, 5.41) is 0. The van der Waals surface area contributed by atoms with Gasteiger partial charge >= 0.3 is 12.2 Å². The Bertz CT molecular complexity index is 655. The molecule has 0 radical (unpaired) electrons. The fourth-order valence-corrected chi connectivity index (χ4v) is 1.76. The van der Waals surface area contributed by atoms with E-state index in [4.69, 9.17) is 10.5 Å². The number of rotatable bonds is 5. The summed E-state index contributed by atoms with van der Waals surface area (Å²) >= 11 is 0. The number of urea groups is 1. The molecule has 2 aromatic rings. The molecule has 0 unspecified atom stereocenters. The second-order valence-electron chi connectivity index (χ2n) is 4.61. The van der Waals surface area contributed by atoms with E-state index in [1.54, 1.807) is 24.3 Å². The number of carbonyl (C=O) groups is 1. The molecule has 0 saturated carbocycles. The van der Waals surface area contributed by atoms with Gasteiger partial charge in [0, 0.05) is 6.54 Å². The minimum atomic E-state index is -4.37. The highest BCUT2D eigenvalue weighted by atomic mass is 19.4. The lowest BCUT2D eigenvalue weighted by Crippen LogP contribution is -2.40. The van der Waals surface area contributed by atoms with Crippen molar-refractivity contribution in [1.82, 2.24) is 10.9 Å². The van der Waals surface area contributed by atoms with Gasteiger partial charge in [0.2, 0.25) is 0 Å². The van der Waals surface area contributed by atoms with Crippen molar-refractivity contribution in [3.63, 3.8) is 0 Å². The van der Waals surface area contributed by atoms with Gasteiger partial charge in [-0.1, -0.05) is 12.1 Å². The standard InChI is InChI=1S/C15H14F3N3O2/c16-15(17,18)11-3-7-13(8-4-11)23-12-5-1-10(2-6-12)9-20-21-14(19)22/h1-8,20H,9H2,(H3,19,21,22). The predicted molar refractivity (Wildman–Crippen MR) is 77.5 cm³/mol. The first-order valence-corrected chi connectivity index (χ1v) is 6.57. The van der Waals surface area contributed by atoms with Crippen LogP contribution in [0.2, 0.25) is 0 Å². The highest BCUT2D eigenvalue weighted by molar-refractivity contribution is 5.70. The summed E-state index contributed by atoms with van der Waals surface area (Å²) < 4.78 is 42.9. The molecule has 4 N–H and O–H groups in total. The average molecular weight is 325 g/mol. The van der Waals surface area contributed by atoms with E-state index in [0.717, 1.165) is 17.7 Å². The fraction of sp³-hybridized carbons (Fsp3) is 0.133. The minimum absolute atomic E-state index is 0.305. The number of ether oxygens (including phenoxy) is 1. The Morgan fingerprint density at radius 1 is 1.00 bits per heavy atom. The third kappa shape index (κ3) is 5.19. The monoisotopic (exact) mass is 325 g/mol. The Hall–Kier alpha value is -2.74. The smallest absolute Gasteiger partial charge is 0.416 e. The Balaban J connectivity index is 1.94. The molecule has 5 nitrogen and oxygen atoms in total. The molecule has 122 valence electrons. The maximum absolute atomic E-state index is 12.5. The summed E-state index contributed by atoms with van der Waals surface area (Å²) in [4.78, 5) is 10.5. The van der Waals surface area contributed by atoms with E-state index in [1.807, 2.05) is 0 Å². The first kappa shape index (κ1) is 16.6. The Labute approximate surface area is 130 Å². The number of nitrogens with two attached hydrogens (primary N) is 1. The van der Waals surface area contributed by atoms with Crippen LogP contribution in [0, 0.1) is 0 Å². The van der Waals surface area contributed by atoms with E-state index in [1.165, 1.54) is 12.1 Å². The quantitative estimate of drug-likeness (QED) is 0.739. The number of halogens is 3. The van der Waals surface area contributed by atoms with Crippen LogP contribution in [0.3, 0.4) is 0 Å². The lowest BCUT2D eigenvalue weighted by molar-refractivity contribution is -0.137. The van der Waals surface area contributed by atoms with Crippen molar-refractivity contribution in [1.29, 1.82) is 0 Å². The molecule has 0 fully saturated rings. The highest BCUT2D eigenvalue weighted by Crippen LogP contribution is 2.31. The van der Waals surface area contributed by atoms with Crippen molar-refractivity contribution in [3.8, 4) is 11.5 Å². The van der Waals surface area contributed by atoms with E-state index >= 15 is 0 Å². The van der Waals surface area contributed by atoms with Crippen molar-refractivity contribution in [3.05, 3.63) is 59.7 Å². The van der Waals surface area contributed by atoms with Gasteiger partial charge < -0.3 is 10.5 Å². The van der Waals surface area contributed by atoms with Gasteiger partial charge in [0.15, 0.2) is 0 Å². The van der Waals surface area contributed by atoms with Crippen LogP contribution in [0.5, 0.6) is 11.5 Å². The third-order valence-corrected chi connectivity index (χ3v) is 2.84. The molecule has 2 rings (SSSR count). The highest BCUT2D eigenvalue weighted by Gasteiger charge is 2.30. The van der Waals surface area contributed by atoms with Crippen molar-refractivity contribution >= 4 is 6.03 Å². The van der Waals surface area contributed by atoms with Crippen molar-refractivity contribution < 1.29 is 22.7 Å².